The van der Waals surface area contributed by atoms with Crippen LogP contribution in [0.15, 0.2) is 48.5 Å². The van der Waals surface area contributed by atoms with E-state index in [9.17, 15) is 19.5 Å². The van der Waals surface area contributed by atoms with Crippen LogP contribution in [0.25, 0.3) is 0 Å². The lowest BCUT2D eigenvalue weighted by atomic mass is 10.0. The molecule has 9 nitrogen and oxygen atoms in total. The number of unbranched alkanes of at least 4 members (excludes halogenated alkanes) is 1. The number of nitrogens with zero attached hydrogens (tertiary/aromatic N) is 1. The Hall–Kier alpha value is -3.40. The topological polar surface area (TPSA) is 117 Å². The number of thiol groups is 1. The van der Waals surface area contributed by atoms with Gasteiger partial charge in [0.15, 0.2) is 0 Å². The molecule has 2 rings (SSSR count). The minimum Gasteiger partial charge on any atom is -0.508 e. The summed E-state index contributed by atoms with van der Waals surface area (Å²) in [4.78, 5) is 41.3. The zero-order valence-corrected chi connectivity index (χ0v) is 22.9. The van der Waals surface area contributed by atoms with E-state index in [0.717, 1.165) is 6.42 Å². The first-order valence-electron chi connectivity index (χ1n) is 12.1. The number of rotatable bonds is 11. The van der Waals surface area contributed by atoms with Crippen molar-refractivity contribution in [1.82, 2.24) is 10.2 Å². The van der Waals surface area contributed by atoms with Gasteiger partial charge in [0.2, 0.25) is 5.91 Å². The number of aromatic hydroxyl groups is 1. The summed E-state index contributed by atoms with van der Waals surface area (Å²) in [5.74, 6) is -0.386. The van der Waals surface area contributed by atoms with Gasteiger partial charge >= 0.3 is 6.09 Å². The van der Waals surface area contributed by atoms with Crippen molar-refractivity contribution in [3.8, 4) is 11.5 Å². The summed E-state index contributed by atoms with van der Waals surface area (Å²) in [6.45, 7) is 7.38. The number of phenols is 1. The number of amides is 3. The van der Waals surface area contributed by atoms with Crippen LogP contribution in [0.4, 0.5) is 10.5 Å². The molecule has 0 aliphatic carbocycles. The lowest BCUT2D eigenvalue weighted by Gasteiger charge is -2.34. The van der Waals surface area contributed by atoms with Crippen LogP contribution in [-0.4, -0.2) is 59.0 Å². The Bertz CT molecular complexity index is 1050. The number of benzene rings is 2. The van der Waals surface area contributed by atoms with Gasteiger partial charge in [-0.25, -0.2) is 4.79 Å². The summed E-state index contributed by atoms with van der Waals surface area (Å²) in [7, 11) is 1.55. The molecule has 3 amide bonds. The molecule has 3 N–H and O–H groups in total. The molecule has 0 aromatic heterocycles. The number of anilines is 1. The number of alkyl carbamates (subject to hydrolysis) is 1. The second kappa shape index (κ2) is 13.8. The van der Waals surface area contributed by atoms with E-state index in [-0.39, 0.29) is 18.0 Å². The number of methoxy groups -OCH3 is 1. The lowest BCUT2D eigenvalue weighted by molar-refractivity contribution is -0.140. The van der Waals surface area contributed by atoms with E-state index in [1.807, 2.05) is 6.92 Å². The van der Waals surface area contributed by atoms with E-state index in [4.69, 9.17) is 9.47 Å². The standard InChI is InChI=1S/C27H37N3O6S/c1-6-7-15-30(25(33)22(17-37)29-26(34)36-27(2,3)4)23(18-9-8-10-20(31)16-18)24(32)28-19-11-13-21(35-5)14-12-19/h8-14,16,22-23,31,37H,6-7,15,17H2,1-5H3,(H,28,32)(H,29,34). The number of carbonyl (C=O) groups excluding carboxylic acids is 3. The second-order valence-electron chi connectivity index (χ2n) is 9.48. The molecule has 202 valence electrons. The van der Waals surface area contributed by atoms with E-state index < -0.39 is 35.6 Å². The maximum Gasteiger partial charge on any atom is 0.408 e. The minimum atomic E-state index is -1.09. The molecule has 0 saturated heterocycles. The first kappa shape index (κ1) is 29.8. The van der Waals surface area contributed by atoms with Crippen LogP contribution in [0.3, 0.4) is 0 Å². The summed E-state index contributed by atoms with van der Waals surface area (Å²) < 4.78 is 10.5. The predicted molar refractivity (Wildman–Crippen MR) is 146 cm³/mol. The summed E-state index contributed by atoms with van der Waals surface area (Å²) in [5.41, 5.74) is 0.181. The molecule has 2 atom stereocenters. The Labute approximate surface area is 223 Å². The van der Waals surface area contributed by atoms with E-state index in [1.165, 1.54) is 17.0 Å². The second-order valence-corrected chi connectivity index (χ2v) is 9.85. The molecule has 37 heavy (non-hydrogen) atoms. The van der Waals surface area contributed by atoms with Gasteiger partial charge in [0, 0.05) is 18.0 Å². The third kappa shape index (κ3) is 9.20. The van der Waals surface area contributed by atoms with Gasteiger partial charge in [0.05, 0.1) is 7.11 Å². The van der Waals surface area contributed by atoms with Crippen molar-refractivity contribution in [3.63, 3.8) is 0 Å². The van der Waals surface area contributed by atoms with Crippen LogP contribution in [0, 0.1) is 0 Å². The Balaban J connectivity index is 2.44. The Morgan fingerprint density at radius 1 is 1.11 bits per heavy atom. The van der Waals surface area contributed by atoms with E-state index >= 15 is 0 Å². The molecular weight excluding hydrogens is 494 g/mol. The molecule has 10 heteroatoms. The SMILES string of the molecule is CCCCN(C(=O)C(CS)NC(=O)OC(C)(C)C)C(C(=O)Nc1ccc(OC)cc1)c1cccc(O)c1. The molecule has 2 unspecified atom stereocenters. The number of nitrogens with one attached hydrogen (secondary N) is 2. The normalized spacial score (nSPS) is 12.7. The minimum absolute atomic E-state index is 0.00639. The first-order valence-corrected chi connectivity index (χ1v) is 12.8. The summed E-state index contributed by atoms with van der Waals surface area (Å²) in [6.07, 6.45) is 0.622. The van der Waals surface area contributed by atoms with Crippen LogP contribution in [0.1, 0.15) is 52.1 Å². The molecule has 2 aromatic carbocycles. The van der Waals surface area contributed by atoms with E-state index in [0.29, 0.717) is 23.4 Å². The Kier molecular flexibility index (Phi) is 11.1. The fraction of sp³-hybridized carbons (Fsp3) is 0.444. The Morgan fingerprint density at radius 2 is 1.78 bits per heavy atom. The van der Waals surface area contributed by atoms with Crippen molar-refractivity contribution in [2.45, 2.75) is 58.2 Å². The zero-order valence-electron chi connectivity index (χ0n) is 22.0. The van der Waals surface area contributed by atoms with Gasteiger partial charge in [-0.15, -0.1) is 0 Å². The van der Waals surface area contributed by atoms with Crippen molar-refractivity contribution in [2.75, 3.05) is 24.7 Å². The van der Waals surface area contributed by atoms with Crippen LogP contribution in [0.5, 0.6) is 11.5 Å². The average Bonchev–Trinajstić information content (AvgIpc) is 2.84. The quantitative estimate of drug-likeness (QED) is 0.317. The van der Waals surface area contributed by atoms with Gasteiger partial charge in [0.25, 0.3) is 5.91 Å². The van der Waals surface area contributed by atoms with Crippen molar-refractivity contribution in [3.05, 3.63) is 54.1 Å². The van der Waals surface area contributed by atoms with Crippen LogP contribution < -0.4 is 15.4 Å². The van der Waals surface area contributed by atoms with Crippen molar-refractivity contribution in [1.29, 1.82) is 0 Å². The average molecular weight is 532 g/mol. The largest absolute Gasteiger partial charge is 0.508 e. The smallest absolute Gasteiger partial charge is 0.408 e. The zero-order chi connectivity index (χ0) is 27.6. The van der Waals surface area contributed by atoms with Crippen LogP contribution in [-0.2, 0) is 14.3 Å². The molecule has 0 saturated carbocycles. The molecule has 0 heterocycles. The Morgan fingerprint density at radius 3 is 2.32 bits per heavy atom. The van der Waals surface area contributed by atoms with Gasteiger partial charge < -0.3 is 30.1 Å². The van der Waals surface area contributed by atoms with Gasteiger partial charge in [-0.1, -0.05) is 25.5 Å². The lowest BCUT2D eigenvalue weighted by Crippen LogP contribution is -2.53. The highest BCUT2D eigenvalue weighted by molar-refractivity contribution is 7.80. The number of hydrogen-bond acceptors (Lipinski definition) is 7. The van der Waals surface area contributed by atoms with E-state index in [2.05, 4.69) is 23.3 Å². The van der Waals surface area contributed by atoms with E-state index in [1.54, 1.807) is 64.3 Å². The highest BCUT2D eigenvalue weighted by atomic mass is 32.1. The molecule has 0 spiro atoms. The van der Waals surface area contributed by atoms with Crippen molar-refractivity contribution >= 4 is 36.2 Å². The van der Waals surface area contributed by atoms with Gasteiger partial charge in [0.1, 0.15) is 29.2 Å². The molecule has 2 aromatic rings. The maximum atomic E-state index is 13.8. The number of hydrogen-bond donors (Lipinski definition) is 4. The fourth-order valence-electron chi connectivity index (χ4n) is 3.58. The molecule has 0 aliphatic heterocycles. The first-order chi connectivity index (χ1) is 17.5. The number of phenolic OH excluding ortho intramolecular Hbond substituents is 1. The molecular formula is C27H37N3O6S. The fourth-order valence-corrected chi connectivity index (χ4v) is 3.83. The molecule has 0 bridgehead atoms. The molecule has 0 fully saturated rings. The highest BCUT2D eigenvalue weighted by Crippen LogP contribution is 2.28. The summed E-state index contributed by atoms with van der Waals surface area (Å²) >= 11 is 4.28. The number of ether oxygens (including phenoxy) is 2. The van der Waals surface area contributed by atoms with Gasteiger partial charge in [-0.05, 0) is 69.2 Å². The highest BCUT2D eigenvalue weighted by Gasteiger charge is 2.35. The van der Waals surface area contributed by atoms with Crippen molar-refractivity contribution < 1.29 is 29.0 Å². The number of carbonyl (C=O) groups is 3. The van der Waals surface area contributed by atoms with Crippen LogP contribution in [0.2, 0.25) is 0 Å². The summed E-state index contributed by atoms with van der Waals surface area (Å²) in [5, 5.41) is 15.6. The third-order valence-corrected chi connectivity index (χ3v) is 5.68. The van der Waals surface area contributed by atoms with Gasteiger partial charge in [-0.3, -0.25) is 9.59 Å². The van der Waals surface area contributed by atoms with Crippen molar-refractivity contribution in [2.24, 2.45) is 0 Å². The predicted octanol–water partition coefficient (Wildman–Crippen LogP) is 4.53. The maximum absolute atomic E-state index is 13.8. The van der Waals surface area contributed by atoms with Gasteiger partial charge in [-0.2, -0.15) is 12.6 Å². The molecule has 0 radical (unpaired) electrons. The third-order valence-electron chi connectivity index (χ3n) is 5.31. The molecule has 0 aliphatic rings. The monoisotopic (exact) mass is 531 g/mol. The van der Waals surface area contributed by atoms with Crippen LogP contribution >= 0.6 is 12.6 Å². The summed E-state index contributed by atoms with van der Waals surface area (Å²) in [6, 6.07) is 10.9.